The first kappa shape index (κ1) is 17.8. The maximum atomic E-state index is 11.1. The molecule has 0 unspecified atom stereocenters. The van der Waals surface area contributed by atoms with Gasteiger partial charge in [0.15, 0.2) is 6.29 Å². The Morgan fingerprint density at radius 1 is 1.38 bits per heavy atom. The smallest absolute Gasteiger partial charge is 0.322 e. The lowest BCUT2D eigenvalue weighted by atomic mass is 9.97. The van der Waals surface area contributed by atoms with Crippen LogP contribution in [0.1, 0.15) is 6.92 Å². The summed E-state index contributed by atoms with van der Waals surface area (Å²) in [4.78, 5) is 21.7. The van der Waals surface area contributed by atoms with Gasteiger partial charge in [-0.15, -0.1) is 0 Å². The molecule has 0 aromatic carbocycles. The molecule has 7 N–H and O–H groups in total. The summed E-state index contributed by atoms with van der Waals surface area (Å²) in [6.07, 6.45) is -5.27. The topological polar surface area (TPSA) is 172 Å². The van der Waals surface area contributed by atoms with E-state index in [2.05, 4.69) is 5.32 Å². The van der Waals surface area contributed by atoms with E-state index in [9.17, 15) is 19.8 Å². The molecule has 1 amide bonds. The van der Waals surface area contributed by atoms with Crippen molar-refractivity contribution in [2.75, 3.05) is 13.2 Å². The molecule has 10 heteroatoms. The molecule has 1 saturated heterocycles. The van der Waals surface area contributed by atoms with Crippen LogP contribution in [0.2, 0.25) is 0 Å². The van der Waals surface area contributed by atoms with Crippen LogP contribution < -0.4 is 11.1 Å². The lowest BCUT2D eigenvalue weighted by Crippen LogP contribution is -2.64. The van der Waals surface area contributed by atoms with Crippen molar-refractivity contribution >= 4 is 11.9 Å². The van der Waals surface area contributed by atoms with Gasteiger partial charge in [0, 0.05) is 6.92 Å². The molecule has 1 fully saturated rings. The minimum Gasteiger partial charge on any atom is -0.480 e. The molecule has 0 saturated carbocycles. The Labute approximate surface area is 120 Å². The van der Waals surface area contributed by atoms with E-state index in [0.29, 0.717) is 0 Å². The molecule has 0 aliphatic carbocycles. The van der Waals surface area contributed by atoms with Crippen LogP contribution in [-0.4, -0.2) is 82.2 Å². The van der Waals surface area contributed by atoms with Crippen LogP contribution in [0.15, 0.2) is 0 Å². The molecule has 0 bridgehead atoms. The highest BCUT2D eigenvalue weighted by atomic mass is 16.7. The van der Waals surface area contributed by atoms with Gasteiger partial charge in [0.25, 0.3) is 0 Å². The average molecular weight is 308 g/mol. The number of hydrogen-bond acceptors (Lipinski definition) is 8. The second-order valence-electron chi connectivity index (χ2n) is 4.71. The zero-order chi connectivity index (χ0) is 16.2. The molecular formula is C11H20N2O8. The van der Waals surface area contributed by atoms with Crippen LogP contribution in [-0.2, 0) is 19.1 Å². The van der Waals surface area contributed by atoms with Crippen molar-refractivity contribution in [2.24, 2.45) is 5.73 Å². The molecule has 1 aliphatic heterocycles. The van der Waals surface area contributed by atoms with Gasteiger partial charge in [0.1, 0.15) is 30.4 Å². The molecule has 0 aromatic heterocycles. The monoisotopic (exact) mass is 308 g/mol. The number of carbonyl (C=O) groups excluding carboxylic acids is 1. The molecule has 10 nitrogen and oxygen atoms in total. The van der Waals surface area contributed by atoms with Gasteiger partial charge in [-0.3, -0.25) is 9.59 Å². The largest absolute Gasteiger partial charge is 0.480 e. The molecule has 6 atom stereocenters. The standard InChI is InChI=1S/C11H20N2O8/c1-4(15)13-7-9(17)8(16)6(2-14)21-11(7)20-3-5(12)10(18)19/h5-9,11,14,16-17H,2-3,12H2,1H3,(H,13,15)(H,18,19)/t5-,6+,7-,8-,9+,11+/m0/s1. The summed E-state index contributed by atoms with van der Waals surface area (Å²) in [5.41, 5.74) is 5.28. The number of nitrogens with two attached hydrogens (primary N) is 1. The van der Waals surface area contributed by atoms with Crippen LogP contribution in [0.4, 0.5) is 0 Å². The van der Waals surface area contributed by atoms with Crippen LogP contribution in [0.5, 0.6) is 0 Å². The summed E-state index contributed by atoms with van der Waals surface area (Å²) >= 11 is 0. The number of carboxylic acid groups (broad SMARTS) is 1. The Morgan fingerprint density at radius 2 is 2.00 bits per heavy atom. The van der Waals surface area contributed by atoms with Crippen molar-refractivity contribution in [1.82, 2.24) is 5.32 Å². The predicted octanol–water partition coefficient (Wildman–Crippen LogP) is -3.64. The maximum absolute atomic E-state index is 11.1. The summed E-state index contributed by atoms with van der Waals surface area (Å²) in [6, 6.07) is -2.44. The number of aliphatic hydroxyl groups excluding tert-OH is 3. The lowest BCUT2D eigenvalue weighted by Gasteiger charge is -2.42. The molecule has 0 spiro atoms. The first-order chi connectivity index (χ1) is 9.77. The van der Waals surface area contributed by atoms with Crippen LogP contribution in [0.25, 0.3) is 0 Å². The summed E-state index contributed by atoms with van der Waals surface area (Å²) in [5, 5.41) is 39.8. The molecule has 122 valence electrons. The molecular weight excluding hydrogens is 288 g/mol. The molecule has 1 rings (SSSR count). The number of rotatable bonds is 6. The minimum atomic E-state index is -1.45. The van der Waals surface area contributed by atoms with Crippen LogP contribution in [0.3, 0.4) is 0 Å². The summed E-state index contributed by atoms with van der Waals surface area (Å²) < 4.78 is 10.4. The fourth-order valence-electron chi connectivity index (χ4n) is 1.88. The Hall–Kier alpha value is -1.30. The highest BCUT2D eigenvalue weighted by molar-refractivity contribution is 5.73. The van der Waals surface area contributed by atoms with Gasteiger partial charge in [-0.05, 0) is 0 Å². The number of hydrogen-bond donors (Lipinski definition) is 6. The lowest BCUT2D eigenvalue weighted by molar-refractivity contribution is -0.270. The Morgan fingerprint density at radius 3 is 2.48 bits per heavy atom. The van der Waals surface area contributed by atoms with Crippen molar-refractivity contribution in [2.45, 2.75) is 43.6 Å². The predicted molar refractivity (Wildman–Crippen MR) is 66.9 cm³/mol. The van der Waals surface area contributed by atoms with E-state index < -0.39 is 61.8 Å². The summed E-state index contributed by atoms with van der Waals surface area (Å²) in [7, 11) is 0. The molecule has 1 heterocycles. The maximum Gasteiger partial charge on any atom is 0.322 e. The molecule has 0 radical (unpaired) electrons. The van der Waals surface area contributed by atoms with Gasteiger partial charge >= 0.3 is 5.97 Å². The molecule has 1 aliphatic rings. The van der Waals surface area contributed by atoms with Crippen molar-refractivity contribution in [1.29, 1.82) is 0 Å². The SMILES string of the molecule is CC(=O)N[C@@H]1[C@H](OC[C@H](N)C(=O)O)O[C@H](CO)[C@H](O)[C@@H]1O. The van der Waals surface area contributed by atoms with Gasteiger partial charge < -0.3 is 41.0 Å². The van der Waals surface area contributed by atoms with Gasteiger partial charge in [0.05, 0.1) is 13.2 Å². The number of aliphatic hydroxyl groups is 3. The third kappa shape index (κ3) is 4.59. The Kier molecular flexibility index (Phi) is 6.45. The average Bonchev–Trinajstić information content (AvgIpc) is 2.42. The van der Waals surface area contributed by atoms with E-state index in [1.807, 2.05) is 0 Å². The Bertz CT molecular complexity index is 379. The highest BCUT2D eigenvalue weighted by Crippen LogP contribution is 2.22. The number of carboxylic acids is 1. The van der Waals surface area contributed by atoms with E-state index in [0.717, 1.165) is 0 Å². The first-order valence-corrected chi connectivity index (χ1v) is 6.27. The fourth-order valence-corrected chi connectivity index (χ4v) is 1.88. The first-order valence-electron chi connectivity index (χ1n) is 6.27. The van der Waals surface area contributed by atoms with Gasteiger partial charge in [-0.25, -0.2) is 0 Å². The van der Waals surface area contributed by atoms with Crippen molar-refractivity contribution in [3.8, 4) is 0 Å². The van der Waals surface area contributed by atoms with Crippen LogP contribution >= 0.6 is 0 Å². The van der Waals surface area contributed by atoms with Crippen molar-refractivity contribution < 1.29 is 39.5 Å². The number of nitrogens with one attached hydrogen (secondary N) is 1. The number of ether oxygens (including phenoxy) is 2. The second kappa shape index (κ2) is 7.64. The zero-order valence-corrected chi connectivity index (χ0v) is 11.4. The zero-order valence-electron chi connectivity index (χ0n) is 11.4. The summed E-state index contributed by atoms with van der Waals surface area (Å²) in [6.45, 7) is 0.171. The van der Waals surface area contributed by atoms with Crippen molar-refractivity contribution in [3.63, 3.8) is 0 Å². The highest BCUT2D eigenvalue weighted by Gasteiger charge is 2.45. The fraction of sp³-hybridized carbons (Fsp3) is 0.818. The second-order valence-corrected chi connectivity index (χ2v) is 4.71. The van der Waals surface area contributed by atoms with E-state index in [1.165, 1.54) is 6.92 Å². The normalized spacial score (nSPS) is 34.2. The minimum absolute atomic E-state index is 0.433. The quantitative estimate of drug-likeness (QED) is 0.289. The van der Waals surface area contributed by atoms with Crippen molar-refractivity contribution in [3.05, 3.63) is 0 Å². The molecule has 0 aromatic rings. The van der Waals surface area contributed by atoms with E-state index in [1.54, 1.807) is 0 Å². The third-order valence-electron chi connectivity index (χ3n) is 3.01. The van der Waals surface area contributed by atoms with Gasteiger partial charge in [-0.2, -0.15) is 0 Å². The molecule has 21 heavy (non-hydrogen) atoms. The van der Waals surface area contributed by atoms with Gasteiger partial charge in [-0.1, -0.05) is 0 Å². The van der Waals surface area contributed by atoms with E-state index >= 15 is 0 Å². The van der Waals surface area contributed by atoms with E-state index in [-0.39, 0.29) is 0 Å². The third-order valence-corrected chi connectivity index (χ3v) is 3.01. The Balaban J connectivity index is 2.78. The van der Waals surface area contributed by atoms with Gasteiger partial charge in [0.2, 0.25) is 5.91 Å². The summed E-state index contributed by atoms with van der Waals surface area (Å²) in [5.74, 6) is -1.80. The number of carbonyl (C=O) groups is 2. The van der Waals surface area contributed by atoms with E-state index in [4.69, 9.17) is 25.4 Å². The number of aliphatic carboxylic acids is 1. The number of amides is 1. The van der Waals surface area contributed by atoms with Crippen LogP contribution in [0, 0.1) is 0 Å².